The molecule has 0 N–H and O–H groups in total. The Bertz CT molecular complexity index is 974. The highest BCUT2D eigenvalue weighted by molar-refractivity contribution is 7.20. The van der Waals surface area contributed by atoms with Crippen LogP contribution in [0.15, 0.2) is 11.1 Å². The summed E-state index contributed by atoms with van der Waals surface area (Å²) in [5, 5.41) is 0.467. The van der Waals surface area contributed by atoms with Crippen LogP contribution in [0.1, 0.15) is 54.3 Å². The predicted molar refractivity (Wildman–Crippen MR) is 109 cm³/mol. The first kappa shape index (κ1) is 19.1. The van der Waals surface area contributed by atoms with Crippen LogP contribution in [0.3, 0.4) is 0 Å². The average Bonchev–Trinajstić information content (AvgIpc) is 3.32. The van der Waals surface area contributed by atoms with E-state index in [9.17, 15) is 14.4 Å². The van der Waals surface area contributed by atoms with Crippen molar-refractivity contribution in [3.8, 4) is 0 Å². The van der Waals surface area contributed by atoms with Crippen LogP contribution in [0.2, 0.25) is 0 Å². The van der Waals surface area contributed by atoms with E-state index in [1.165, 1.54) is 22.2 Å². The van der Waals surface area contributed by atoms with Crippen molar-refractivity contribution in [1.82, 2.24) is 19.4 Å². The number of fused-ring (bicyclic) bond motifs is 1. The highest BCUT2D eigenvalue weighted by atomic mass is 32.1. The number of aromatic nitrogens is 2. The Labute approximate surface area is 168 Å². The highest BCUT2D eigenvalue weighted by Gasteiger charge is 2.27. The number of piperidine rings is 1. The largest absolute Gasteiger partial charge is 0.338 e. The van der Waals surface area contributed by atoms with Gasteiger partial charge in [0.1, 0.15) is 11.4 Å². The van der Waals surface area contributed by atoms with Gasteiger partial charge in [-0.1, -0.05) is 0 Å². The number of hydrogen-bond acceptors (Lipinski definition) is 5. The molecule has 0 radical (unpaired) electrons. The zero-order valence-electron chi connectivity index (χ0n) is 16.4. The van der Waals surface area contributed by atoms with Gasteiger partial charge in [0.05, 0.1) is 16.6 Å². The molecule has 0 bridgehead atoms. The Kier molecular flexibility index (Phi) is 5.23. The molecule has 4 heterocycles. The SMILES string of the molecule is Cc1c(C(=O)N2CCCC2)sc2ncn(CC(=O)N3CCCCC3C)c(=O)c12. The highest BCUT2D eigenvalue weighted by Crippen LogP contribution is 2.29. The lowest BCUT2D eigenvalue weighted by Crippen LogP contribution is -2.44. The first-order valence-electron chi connectivity index (χ1n) is 10.0. The summed E-state index contributed by atoms with van der Waals surface area (Å²) >= 11 is 1.28. The zero-order valence-corrected chi connectivity index (χ0v) is 17.3. The normalized spacial score (nSPS) is 20.1. The van der Waals surface area contributed by atoms with Crippen molar-refractivity contribution in [2.75, 3.05) is 19.6 Å². The summed E-state index contributed by atoms with van der Waals surface area (Å²) < 4.78 is 1.38. The molecule has 0 saturated carbocycles. The molecule has 0 aromatic carbocycles. The Balaban J connectivity index is 1.63. The summed E-state index contributed by atoms with van der Waals surface area (Å²) in [6.07, 6.45) is 6.64. The summed E-state index contributed by atoms with van der Waals surface area (Å²) in [4.78, 5) is 47.8. The first-order valence-corrected chi connectivity index (χ1v) is 10.9. The van der Waals surface area contributed by atoms with Gasteiger partial charge in [0.25, 0.3) is 11.5 Å². The second kappa shape index (κ2) is 7.66. The molecule has 2 saturated heterocycles. The van der Waals surface area contributed by atoms with Gasteiger partial charge < -0.3 is 9.80 Å². The number of likely N-dealkylation sites (tertiary alicyclic amines) is 2. The standard InChI is InChI=1S/C20H26N4O3S/c1-13-7-3-4-10-24(13)15(25)11-23-12-21-18-16(19(23)26)14(2)17(28-18)20(27)22-8-5-6-9-22/h12-13H,3-11H2,1-2H3. The fraction of sp³-hybridized carbons (Fsp3) is 0.600. The summed E-state index contributed by atoms with van der Waals surface area (Å²) in [6.45, 7) is 6.15. The van der Waals surface area contributed by atoms with Crippen molar-refractivity contribution in [2.45, 2.75) is 58.5 Å². The number of carbonyl (C=O) groups excluding carboxylic acids is 2. The lowest BCUT2D eigenvalue weighted by Gasteiger charge is -2.33. The maximum atomic E-state index is 13.0. The Morgan fingerprint density at radius 3 is 2.61 bits per heavy atom. The molecule has 28 heavy (non-hydrogen) atoms. The van der Waals surface area contributed by atoms with E-state index in [4.69, 9.17) is 0 Å². The molecule has 2 aromatic rings. The number of hydrogen-bond donors (Lipinski definition) is 0. The molecule has 8 heteroatoms. The minimum Gasteiger partial charge on any atom is -0.338 e. The predicted octanol–water partition coefficient (Wildman–Crippen LogP) is 2.40. The summed E-state index contributed by atoms with van der Waals surface area (Å²) in [6, 6.07) is 0.209. The van der Waals surface area contributed by atoms with Gasteiger partial charge in [0.15, 0.2) is 0 Å². The third kappa shape index (κ3) is 3.34. The Morgan fingerprint density at radius 1 is 1.18 bits per heavy atom. The van der Waals surface area contributed by atoms with Crippen molar-refractivity contribution in [2.24, 2.45) is 0 Å². The number of rotatable bonds is 3. The molecule has 2 aliphatic heterocycles. The lowest BCUT2D eigenvalue weighted by molar-refractivity contribution is -0.135. The van der Waals surface area contributed by atoms with Crippen LogP contribution < -0.4 is 5.56 Å². The minimum absolute atomic E-state index is 0.00317. The second-order valence-corrected chi connectivity index (χ2v) is 8.84. The quantitative estimate of drug-likeness (QED) is 0.790. The van der Waals surface area contributed by atoms with Crippen LogP contribution in [0.4, 0.5) is 0 Å². The smallest absolute Gasteiger partial charge is 0.264 e. The van der Waals surface area contributed by atoms with Crippen LogP contribution in [0.5, 0.6) is 0 Å². The summed E-state index contributed by atoms with van der Waals surface area (Å²) in [7, 11) is 0. The fourth-order valence-electron chi connectivity index (χ4n) is 4.24. The average molecular weight is 403 g/mol. The van der Waals surface area contributed by atoms with E-state index in [-0.39, 0.29) is 30.0 Å². The molecule has 2 aromatic heterocycles. The van der Waals surface area contributed by atoms with Gasteiger partial charge >= 0.3 is 0 Å². The van der Waals surface area contributed by atoms with E-state index >= 15 is 0 Å². The van der Waals surface area contributed by atoms with Crippen molar-refractivity contribution in [3.63, 3.8) is 0 Å². The van der Waals surface area contributed by atoms with Gasteiger partial charge in [-0.15, -0.1) is 11.3 Å². The van der Waals surface area contributed by atoms with Gasteiger partial charge in [-0.2, -0.15) is 0 Å². The zero-order chi connectivity index (χ0) is 19.8. The number of nitrogens with zero attached hydrogens (tertiary/aromatic N) is 4. The van der Waals surface area contributed by atoms with E-state index in [1.54, 1.807) is 0 Å². The first-order chi connectivity index (χ1) is 13.5. The van der Waals surface area contributed by atoms with Crippen LogP contribution in [-0.4, -0.2) is 56.8 Å². The fourth-order valence-corrected chi connectivity index (χ4v) is 5.35. The third-order valence-electron chi connectivity index (χ3n) is 5.93. The van der Waals surface area contributed by atoms with Crippen LogP contribution in [0, 0.1) is 6.92 Å². The molecule has 2 fully saturated rings. The Morgan fingerprint density at radius 2 is 1.89 bits per heavy atom. The van der Waals surface area contributed by atoms with Gasteiger partial charge in [0, 0.05) is 25.7 Å². The van der Waals surface area contributed by atoms with Crippen LogP contribution in [-0.2, 0) is 11.3 Å². The molecule has 1 atom stereocenters. The van der Waals surface area contributed by atoms with E-state index < -0.39 is 0 Å². The van der Waals surface area contributed by atoms with Gasteiger partial charge in [-0.25, -0.2) is 4.98 Å². The van der Waals surface area contributed by atoms with Gasteiger partial charge in [-0.3, -0.25) is 19.0 Å². The third-order valence-corrected chi connectivity index (χ3v) is 7.12. The van der Waals surface area contributed by atoms with Gasteiger partial charge in [-0.05, 0) is 51.5 Å². The number of amides is 2. The maximum absolute atomic E-state index is 13.0. The molecule has 7 nitrogen and oxygen atoms in total. The monoisotopic (exact) mass is 402 g/mol. The van der Waals surface area contributed by atoms with Crippen LogP contribution in [0.25, 0.3) is 10.2 Å². The van der Waals surface area contributed by atoms with E-state index in [1.807, 2.05) is 16.7 Å². The lowest BCUT2D eigenvalue weighted by atomic mass is 10.0. The molecular formula is C20H26N4O3S. The summed E-state index contributed by atoms with van der Waals surface area (Å²) in [5.41, 5.74) is 0.444. The summed E-state index contributed by atoms with van der Waals surface area (Å²) in [5.74, 6) is -0.0566. The number of aryl methyl sites for hydroxylation is 1. The number of carbonyl (C=O) groups is 2. The molecule has 2 aliphatic rings. The molecular weight excluding hydrogens is 376 g/mol. The molecule has 1 unspecified atom stereocenters. The van der Waals surface area contributed by atoms with Crippen molar-refractivity contribution in [1.29, 1.82) is 0 Å². The molecule has 2 amide bonds. The molecule has 0 aliphatic carbocycles. The van der Waals surface area contributed by atoms with Gasteiger partial charge in [0.2, 0.25) is 5.91 Å². The number of thiophene rings is 1. The topological polar surface area (TPSA) is 75.5 Å². The van der Waals surface area contributed by atoms with Crippen LogP contribution >= 0.6 is 11.3 Å². The van der Waals surface area contributed by atoms with E-state index in [2.05, 4.69) is 11.9 Å². The maximum Gasteiger partial charge on any atom is 0.264 e. The molecule has 4 rings (SSSR count). The van der Waals surface area contributed by atoms with E-state index in [0.29, 0.717) is 20.7 Å². The molecule has 150 valence electrons. The second-order valence-electron chi connectivity index (χ2n) is 7.85. The van der Waals surface area contributed by atoms with E-state index in [0.717, 1.165) is 51.7 Å². The van der Waals surface area contributed by atoms with Crippen molar-refractivity contribution >= 4 is 33.4 Å². The molecule has 0 spiro atoms. The van der Waals surface area contributed by atoms with Crippen molar-refractivity contribution in [3.05, 3.63) is 27.1 Å². The van der Waals surface area contributed by atoms with Crippen molar-refractivity contribution < 1.29 is 9.59 Å². The Hall–Kier alpha value is -2.22. The minimum atomic E-state index is -0.239.